The lowest BCUT2D eigenvalue weighted by atomic mass is 9.77. The Kier molecular flexibility index (Phi) is 5.56. The molecule has 7 nitrogen and oxygen atoms in total. The first-order valence-corrected chi connectivity index (χ1v) is 10.4. The number of aromatic nitrogens is 1. The number of nitrogens with zero attached hydrogens (tertiary/aromatic N) is 2. The third-order valence-corrected chi connectivity index (χ3v) is 6.18. The van der Waals surface area contributed by atoms with Crippen LogP contribution in [-0.2, 0) is 20.9 Å². The third-order valence-electron chi connectivity index (χ3n) is 6.18. The number of benzene rings is 1. The molecule has 0 spiro atoms. The molecule has 2 fully saturated rings. The fourth-order valence-electron chi connectivity index (χ4n) is 4.71. The van der Waals surface area contributed by atoms with E-state index in [9.17, 15) is 14.4 Å². The second kappa shape index (κ2) is 8.27. The molecule has 1 saturated carbocycles. The SMILES string of the molecule is O=C(O)Cn1ccc2cc(NC(=O)C3CCCCC3C(=O)N3CCCC3)ccc21. The number of likely N-dealkylation sites (tertiary alicyclic amines) is 1. The second-order valence-corrected chi connectivity index (χ2v) is 8.13. The number of aliphatic carboxylic acids is 1. The number of fused-ring (bicyclic) bond motifs is 1. The largest absolute Gasteiger partial charge is 0.480 e. The molecule has 0 bridgehead atoms. The van der Waals surface area contributed by atoms with Crippen molar-refractivity contribution in [2.75, 3.05) is 18.4 Å². The molecule has 2 N–H and O–H groups in total. The maximum absolute atomic E-state index is 13.0. The molecule has 2 aromatic rings. The van der Waals surface area contributed by atoms with Gasteiger partial charge in [-0.25, -0.2) is 0 Å². The third kappa shape index (κ3) is 4.13. The van der Waals surface area contributed by atoms with Gasteiger partial charge in [-0.3, -0.25) is 14.4 Å². The highest BCUT2D eigenvalue weighted by Crippen LogP contribution is 2.33. The van der Waals surface area contributed by atoms with Gasteiger partial charge in [-0.05, 0) is 49.9 Å². The van der Waals surface area contributed by atoms with Gasteiger partial charge in [0, 0.05) is 47.7 Å². The average Bonchev–Trinajstić information content (AvgIpc) is 3.37. The predicted octanol–water partition coefficient (Wildman–Crippen LogP) is 3.09. The minimum absolute atomic E-state index is 0.0911. The van der Waals surface area contributed by atoms with Crippen molar-refractivity contribution in [3.05, 3.63) is 30.5 Å². The van der Waals surface area contributed by atoms with Gasteiger partial charge < -0.3 is 19.9 Å². The number of amides is 2. The Bertz CT molecular complexity index is 929. The molecular formula is C22H27N3O4. The molecule has 1 saturated heterocycles. The lowest BCUT2D eigenvalue weighted by Gasteiger charge is -2.32. The Morgan fingerprint density at radius 3 is 2.45 bits per heavy atom. The van der Waals surface area contributed by atoms with E-state index in [-0.39, 0.29) is 30.2 Å². The van der Waals surface area contributed by atoms with E-state index in [2.05, 4.69) is 5.32 Å². The highest BCUT2D eigenvalue weighted by Gasteiger charge is 2.38. The van der Waals surface area contributed by atoms with Gasteiger partial charge in [0.15, 0.2) is 0 Å². The molecule has 1 aromatic carbocycles. The number of hydrogen-bond acceptors (Lipinski definition) is 3. The highest BCUT2D eigenvalue weighted by atomic mass is 16.4. The van der Waals surface area contributed by atoms with E-state index in [1.807, 2.05) is 23.1 Å². The molecule has 2 amide bonds. The first-order valence-electron chi connectivity index (χ1n) is 10.4. The van der Waals surface area contributed by atoms with E-state index in [1.165, 1.54) is 0 Å². The zero-order chi connectivity index (χ0) is 20.4. The Morgan fingerprint density at radius 1 is 1.00 bits per heavy atom. The van der Waals surface area contributed by atoms with Gasteiger partial charge in [0.2, 0.25) is 11.8 Å². The van der Waals surface area contributed by atoms with E-state index in [1.54, 1.807) is 16.8 Å². The number of carbonyl (C=O) groups is 3. The summed E-state index contributed by atoms with van der Waals surface area (Å²) in [6.07, 6.45) is 7.33. The molecule has 7 heteroatoms. The van der Waals surface area contributed by atoms with Crippen molar-refractivity contribution in [2.24, 2.45) is 11.8 Å². The molecule has 29 heavy (non-hydrogen) atoms. The van der Waals surface area contributed by atoms with Crippen molar-refractivity contribution in [1.82, 2.24) is 9.47 Å². The topological polar surface area (TPSA) is 91.6 Å². The van der Waals surface area contributed by atoms with Crippen LogP contribution in [0.1, 0.15) is 38.5 Å². The van der Waals surface area contributed by atoms with Crippen LogP contribution in [0.25, 0.3) is 10.9 Å². The standard InChI is InChI=1S/C22H27N3O4/c26-20(27)14-25-12-9-15-13-16(7-8-19(15)25)23-21(28)17-5-1-2-6-18(17)22(29)24-10-3-4-11-24/h7-9,12-13,17-18H,1-6,10-11,14H2,(H,23,28)(H,26,27). The van der Waals surface area contributed by atoms with Gasteiger partial charge >= 0.3 is 5.97 Å². The maximum Gasteiger partial charge on any atom is 0.323 e. The van der Waals surface area contributed by atoms with Crippen LogP contribution in [0, 0.1) is 11.8 Å². The summed E-state index contributed by atoms with van der Waals surface area (Å²) in [7, 11) is 0. The molecule has 1 aliphatic heterocycles. The summed E-state index contributed by atoms with van der Waals surface area (Å²) in [5.74, 6) is -1.35. The van der Waals surface area contributed by atoms with Crippen LogP contribution in [0.15, 0.2) is 30.5 Å². The minimum Gasteiger partial charge on any atom is -0.480 e. The van der Waals surface area contributed by atoms with E-state index < -0.39 is 5.97 Å². The van der Waals surface area contributed by atoms with Gasteiger partial charge in [-0.15, -0.1) is 0 Å². The molecular weight excluding hydrogens is 370 g/mol. The van der Waals surface area contributed by atoms with Crippen molar-refractivity contribution in [3.8, 4) is 0 Å². The molecule has 4 rings (SSSR count). The molecule has 2 aliphatic rings. The summed E-state index contributed by atoms with van der Waals surface area (Å²) < 4.78 is 1.66. The molecule has 1 aliphatic carbocycles. The quantitative estimate of drug-likeness (QED) is 0.811. The van der Waals surface area contributed by atoms with Gasteiger partial charge in [-0.2, -0.15) is 0 Å². The lowest BCUT2D eigenvalue weighted by Crippen LogP contribution is -2.42. The molecule has 154 valence electrons. The first kappa shape index (κ1) is 19.5. The van der Waals surface area contributed by atoms with Crippen LogP contribution in [-0.4, -0.2) is 45.4 Å². The number of rotatable bonds is 5. The fourth-order valence-corrected chi connectivity index (χ4v) is 4.71. The van der Waals surface area contributed by atoms with Crippen molar-refractivity contribution in [2.45, 2.75) is 45.1 Å². The Hall–Kier alpha value is -2.83. The van der Waals surface area contributed by atoms with Crippen molar-refractivity contribution >= 4 is 34.4 Å². The number of carbonyl (C=O) groups excluding carboxylic acids is 2. The summed E-state index contributed by atoms with van der Waals surface area (Å²) in [6, 6.07) is 7.31. The summed E-state index contributed by atoms with van der Waals surface area (Å²) in [5, 5.41) is 12.9. The minimum atomic E-state index is -0.897. The smallest absolute Gasteiger partial charge is 0.323 e. The first-order chi connectivity index (χ1) is 14.0. The fraction of sp³-hybridized carbons (Fsp3) is 0.500. The second-order valence-electron chi connectivity index (χ2n) is 8.13. The number of nitrogens with one attached hydrogen (secondary N) is 1. The van der Waals surface area contributed by atoms with Crippen LogP contribution in [0.5, 0.6) is 0 Å². The van der Waals surface area contributed by atoms with Crippen LogP contribution < -0.4 is 5.32 Å². The van der Waals surface area contributed by atoms with Crippen molar-refractivity contribution in [3.63, 3.8) is 0 Å². The molecule has 2 atom stereocenters. The lowest BCUT2D eigenvalue weighted by molar-refractivity contribution is -0.141. The zero-order valence-corrected chi connectivity index (χ0v) is 16.5. The van der Waals surface area contributed by atoms with Gasteiger partial charge in [0.25, 0.3) is 0 Å². The Labute approximate surface area is 169 Å². The number of carboxylic acids is 1. The van der Waals surface area contributed by atoms with E-state index in [4.69, 9.17) is 5.11 Å². The molecule has 2 unspecified atom stereocenters. The summed E-state index contributed by atoms with van der Waals surface area (Å²) in [4.78, 5) is 38.8. The van der Waals surface area contributed by atoms with Gasteiger partial charge in [0.1, 0.15) is 6.54 Å². The normalized spacial score (nSPS) is 22.0. The highest BCUT2D eigenvalue weighted by molar-refractivity contribution is 5.98. The average molecular weight is 397 g/mol. The molecule has 2 heterocycles. The summed E-state index contributed by atoms with van der Waals surface area (Å²) >= 11 is 0. The van der Waals surface area contributed by atoms with Gasteiger partial charge in [-0.1, -0.05) is 12.8 Å². The molecule has 1 aromatic heterocycles. The van der Waals surface area contributed by atoms with E-state index >= 15 is 0 Å². The van der Waals surface area contributed by atoms with Crippen LogP contribution in [0.3, 0.4) is 0 Å². The number of hydrogen-bond donors (Lipinski definition) is 2. The van der Waals surface area contributed by atoms with Crippen LogP contribution >= 0.6 is 0 Å². The maximum atomic E-state index is 13.0. The van der Waals surface area contributed by atoms with E-state index in [0.717, 1.165) is 62.5 Å². The monoisotopic (exact) mass is 397 g/mol. The van der Waals surface area contributed by atoms with Crippen molar-refractivity contribution < 1.29 is 19.5 Å². The van der Waals surface area contributed by atoms with Crippen LogP contribution in [0.4, 0.5) is 5.69 Å². The van der Waals surface area contributed by atoms with Crippen LogP contribution in [0.2, 0.25) is 0 Å². The Balaban J connectivity index is 1.48. The Morgan fingerprint density at radius 2 is 1.72 bits per heavy atom. The van der Waals surface area contributed by atoms with Gasteiger partial charge in [0.05, 0.1) is 0 Å². The summed E-state index contributed by atoms with van der Waals surface area (Å²) in [6.45, 7) is 1.53. The number of carboxylic acid groups (broad SMARTS) is 1. The molecule has 0 radical (unpaired) electrons. The summed E-state index contributed by atoms with van der Waals surface area (Å²) in [5.41, 5.74) is 1.48. The predicted molar refractivity (Wildman–Crippen MR) is 109 cm³/mol. The van der Waals surface area contributed by atoms with E-state index in [0.29, 0.717) is 5.69 Å². The number of anilines is 1. The zero-order valence-electron chi connectivity index (χ0n) is 16.5. The van der Waals surface area contributed by atoms with Crippen molar-refractivity contribution in [1.29, 1.82) is 0 Å².